The van der Waals surface area contributed by atoms with Gasteiger partial charge in [-0.15, -0.1) is 0 Å². The lowest BCUT2D eigenvalue weighted by molar-refractivity contribution is -0.136. The molecule has 0 aromatic heterocycles. The van der Waals surface area contributed by atoms with E-state index >= 15 is 0 Å². The lowest BCUT2D eigenvalue weighted by Crippen LogP contribution is -2.09. The minimum absolute atomic E-state index is 0.474. The van der Waals surface area contributed by atoms with Crippen molar-refractivity contribution in [1.82, 2.24) is 0 Å². The van der Waals surface area contributed by atoms with Gasteiger partial charge < -0.3 is 9.66 Å². The second kappa shape index (κ2) is 4.05. The lowest BCUT2D eigenvalue weighted by Gasteiger charge is -1.97. The van der Waals surface area contributed by atoms with Crippen molar-refractivity contribution in [2.24, 2.45) is 0 Å². The summed E-state index contributed by atoms with van der Waals surface area (Å²) in [6.07, 6.45) is 0. The summed E-state index contributed by atoms with van der Waals surface area (Å²) in [5, 5.41) is 7.63. The average Bonchev–Trinajstić information content (AvgIpc) is 1.67. The molecule has 0 spiro atoms. The predicted octanol–water partition coefficient (Wildman–Crippen LogP) is 1.31. The van der Waals surface area contributed by atoms with E-state index in [9.17, 15) is 4.79 Å². The zero-order chi connectivity index (χ0) is 6.57. The maximum atomic E-state index is 9.94. The second-order valence-corrected chi connectivity index (χ2v) is 3.22. The molecule has 2 N–H and O–H groups in total. The van der Waals surface area contributed by atoms with Crippen molar-refractivity contribution in [2.45, 2.75) is 12.2 Å². The number of carbonyl (C=O) groups is 1. The van der Waals surface area contributed by atoms with E-state index < -0.39 is 11.2 Å². The number of hydrogen-bond acceptors (Lipinski definition) is 4. The SMILES string of the molecule is CC(SSO)C(=O)O. The van der Waals surface area contributed by atoms with Gasteiger partial charge in [-0.05, 0) is 17.7 Å². The van der Waals surface area contributed by atoms with Crippen LogP contribution in [0.4, 0.5) is 0 Å². The molecule has 0 radical (unpaired) electrons. The molecule has 0 bridgehead atoms. The largest absolute Gasteiger partial charge is 0.480 e. The van der Waals surface area contributed by atoms with Crippen molar-refractivity contribution in [3.05, 3.63) is 0 Å². The number of hydrogen-bond donors (Lipinski definition) is 2. The molecule has 0 fully saturated rings. The minimum Gasteiger partial charge on any atom is -0.480 e. The van der Waals surface area contributed by atoms with Crippen LogP contribution in [0.15, 0.2) is 0 Å². The minimum atomic E-state index is -0.906. The molecule has 0 aliphatic carbocycles. The van der Waals surface area contributed by atoms with Crippen molar-refractivity contribution < 1.29 is 14.5 Å². The molecule has 0 aromatic rings. The summed E-state index contributed by atoms with van der Waals surface area (Å²) in [6, 6.07) is 0. The molecule has 8 heavy (non-hydrogen) atoms. The van der Waals surface area contributed by atoms with E-state index in [4.69, 9.17) is 9.66 Å². The fourth-order valence-corrected chi connectivity index (χ4v) is 0.951. The topological polar surface area (TPSA) is 57.5 Å². The van der Waals surface area contributed by atoms with Crippen molar-refractivity contribution in [3.8, 4) is 0 Å². The number of aliphatic carboxylic acids is 1. The fourth-order valence-electron chi connectivity index (χ4n) is 0.106. The van der Waals surface area contributed by atoms with Crippen molar-refractivity contribution in [2.75, 3.05) is 0 Å². The van der Waals surface area contributed by atoms with E-state index in [1.54, 1.807) is 0 Å². The molecule has 0 aliphatic rings. The molecule has 0 saturated carbocycles. The van der Waals surface area contributed by atoms with Crippen LogP contribution in [0.3, 0.4) is 0 Å². The monoisotopic (exact) mass is 154 g/mol. The quantitative estimate of drug-likeness (QED) is 0.474. The first-order chi connectivity index (χ1) is 3.68. The highest BCUT2D eigenvalue weighted by Crippen LogP contribution is 2.22. The first-order valence-electron chi connectivity index (χ1n) is 1.88. The van der Waals surface area contributed by atoms with Crippen molar-refractivity contribution >= 4 is 27.8 Å². The number of rotatable bonds is 3. The van der Waals surface area contributed by atoms with Gasteiger partial charge in [0.2, 0.25) is 0 Å². The molecular weight excluding hydrogens is 148 g/mol. The van der Waals surface area contributed by atoms with E-state index in [0.717, 1.165) is 10.8 Å². The summed E-state index contributed by atoms with van der Waals surface area (Å²) in [4.78, 5) is 9.94. The maximum absolute atomic E-state index is 9.94. The van der Waals surface area contributed by atoms with Crippen LogP contribution < -0.4 is 0 Å². The molecule has 0 saturated heterocycles. The smallest absolute Gasteiger partial charge is 0.317 e. The molecule has 1 unspecified atom stereocenters. The zero-order valence-corrected chi connectivity index (χ0v) is 5.83. The summed E-state index contributed by atoms with van der Waals surface area (Å²) in [6.45, 7) is 1.51. The highest BCUT2D eigenvalue weighted by molar-refractivity contribution is 8.74. The third-order valence-corrected chi connectivity index (χ3v) is 2.24. The van der Waals surface area contributed by atoms with Gasteiger partial charge in [-0.2, -0.15) is 0 Å². The van der Waals surface area contributed by atoms with Gasteiger partial charge in [0.1, 0.15) is 5.25 Å². The molecule has 0 rings (SSSR count). The van der Waals surface area contributed by atoms with Gasteiger partial charge >= 0.3 is 5.97 Å². The molecule has 3 nitrogen and oxygen atoms in total. The molecule has 0 amide bonds. The summed E-state index contributed by atoms with van der Waals surface area (Å²) >= 11 is 0.474. The average molecular weight is 154 g/mol. The highest BCUT2D eigenvalue weighted by atomic mass is 33.1. The Hall–Kier alpha value is 0.130. The molecule has 1 atom stereocenters. The molecular formula is C3H6O3S2. The Morgan fingerprint density at radius 1 is 1.75 bits per heavy atom. The zero-order valence-electron chi connectivity index (χ0n) is 4.20. The Balaban J connectivity index is 3.32. The second-order valence-electron chi connectivity index (χ2n) is 1.15. The van der Waals surface area contributed by atoms with Crippen molar-refractivity contribution in [1.29, 1.82) is 0 Å². The van der Waals surface area contributed by atoms with Crippen LogP contribution in [0.1, 0.15) is 6.92 Å². The Morgan fingerprint density at radius 2 is 2.25 bits per heavy atom. The van der Waals surface area contributed by atoms with Gasteiger partial charge in [0.15, 0.2) is 0 Å². The lowest BCUT2D eigenvalue weighted by atomic mass is 10.5. The first-order valence-corrected chi connectivity index (χ1v) is 4.05. The van der Waals surface area contributed by atoms with Gasteiger partial charge in [-0.1, -0.05) is 0 Å². The standard InChI is InChI=1S/C3H6O3S2/c1-2(3(4)5)7-8-6/h2,6H,1H3,(H,4,5). The number of carboxylic acids is 1. The van der Waals surface area contributed by atoms with E-state index in [2.05, 4.69) is 0 Å². The Morgan fingerprint density at radius 3 is 2.38 bits per heavy atom. The van der Waals surface area contributed by atoms with Gasteiger partial charge in [-0.3, -0.25) is 4.79 Å². The van der Waals surface area contributed by atoms with Crippen LogP contribution in [0, 0.1) is 0 Å². The third-order valence-electron chi connectivity index (χ3n) is 0.535. The summed E-state index contributed by atoms with van der Waals surface area (Å²) in [5.41, 5.74) is 0. The highest BCUT2D eigenvalue weighted by Gasteiger charge is 2.09. The Kier molecular flexibility index (Phi) is 4.12. The van der Waals surface area contributed by atoms with E-state index in [-0.39, 0.29) is 0 Å². The fraction of sp³-hybridized carbons (Fsp3) is 0.667. The van der Waals surface area contributed by atoms with Gasteiger partial charge in [0.25, 0.3) is 0 Å². The van der Waals surface area contributed by atoms with E-state index in [0.29, 0.717) is 11.1 Å². The molecule has 0 heterocycles. The predicted molar refractivity (Wildman–Crippen MR) is 34.9 cm³/mol. The Labute approximate surface area is 55.1 Å². The van der Waals surface area contributed by atoms with Gasteiger partial charge in [-0.25, -0.2) is 0 Å². The third kappa shape index (κ3) is 3.17. The summed E-state index contributed by atoms with van der Waals surface area (Å²) in [5.74, 6) is -0.906. The van der Waals surface area contributed by atoms with Crippen LogP contribution >= 0.6 is 21.9 Å². The molecule has 5 heteroatoms. The Bertz CT molecular complexity index is 84.6. The first kappa shape index (κ1) is 8.13. The summed E-state index contributed by atoms with van der Waals surface area (Å²) in [7, 11) is 0.912. The van der Waals surface area contributed by atoms with Gasteiger partial charge in [0, 0.05) is 0 Å². The van der Waals surface area contributed by atoms with Crippen LogP contribution in [-0.4, -0.2) is 20.9 Å². The normalized spacial score (nSPS) is 13.2. The molecule has 48 valence electrons. The van der Waals surface area contributed by atoms with E-state index in [1.165, 1.54) is 6.92 Å². The van der Waals surface area contributed by atoms with Crippen molar-refractivity contribution in [3.63, 3.8) is 0 Å². The van der Waals surface area contributed by atoms with Crippen LogP contribution in [0.25, 0.3) is 0 Å². The van der Waals surface area contributed by atoms with Crippen LogP contribution in [0.2, 0.25) is 0 Å². The summed E-state index contributed by atoms with van der Waals surface area (Å²) < 4.78 is 8.10. The van der Waals surface area contributed by atoms with Crippen LogP contribution in [-0.2, 0) is 4.79 Å². The molecule has 0 aliphatic heterocycles. The van der Waals surface area contributed by atoms with Crippen LogP contribution in [0.5, 0.6) is 0 Å². The van der Waals surface area contributed by atoms with E-state index in [1.807, 2.05) is 0 Å². The molecule has 0 aromatic carbocycles. The maximum Gasteiger partial charge on any atom is 0.317 e. The van der Waals surface area contributed by atoms with Gasteiger partial charge in [0.05, 0.1) is 11.1 Å². The number of carboxylic acid groups (broad SMARTS) is 1.